The van der Waals surface area contributed by atoms with Gasteiger partial charge in [-0.2, -0.15) is 4.98 Å². The molecule has 2 heterocycles. The average molecular weight is 596 g/mol. The number of fused-ring (bicyclic) bond motifs is 1. The Morgan fingerprint density at radius 2 is 1.93 bits per heavy atom. The van der Waals surface area contributed by atoms with Gasteiger partial charge in [0, 0.05) is 48.4 Å². The highest BCUT2D eigenvalue weighted by Crippen LogP contribution is 2.31. The van der Waals surface area contributed by atoms with E-state index >= 15 is 4.39 Å². The molecule has 3 atom stereocenters. The number of aryl methyl sites for hydroxylation is 1. The summed E-state index contributed by atoms with van der Waals surface area (Å²) in [6.45, 7) is 4.99. The molecule has 4 rings (SSSR count). The number of H-pyrrole nitrogens is 1. The van der Waals surface area contributed by atoms with Crippen molar-refractivity contribution in [3.63, 3.8) is 0 Å². The number of rotatable bonds is 13. The zero-order chi connectivity index (χ0) is 30.4. The predicted octanol–water partition coefficient (Wildman–Crippen LogP) is 3.52. The number of nitrogens with zero attached hydrogens (tertiary/aromatic N) is 2. The molecule has 0 saturated heterocycles. The molecule has 0 aliphatic rings. The molecule has 0 spiro atoms. The van der Waals surface area contributed by atoms with Crippen molar-refractivity contribution in [1.82, 2.24) is 25.2 Å². The lowest BCUT2D eigenvalue weighted by Crippen LogP contribution is -2.46. The Kier molecular flexibility index (Phi) is 10.3. The Morgan fingerprint density at radius 1 is 1.19 bits per heavy atom. The molecule has 2 aromatic heterocycles. The third-order valence-electron chi connectivity index (χ3n) is 7.16. The van der Waals surface area contributed by atoms with Gasteiger partial charge in [0.05, 0.1) is 16.4 Å². The summed E-state index contributed by atoms with van der Waals surface area (Å²) in [7, 11) is 0. The van der Waals surface area contributed by atoms with E-state index in [4.69, 9.17) is 34.2 Å². The van der Waals surface area contributed by atoms with Crippen LogP contribution in [0.4, 0.5) is 4.39 Å². The normalized spacial score (nSPS) is 13.7. The van der Waals surface area contributed by atoms with Crippen LogP contribution in [0.2, 0.25) is 5.02 Å². The molecule has 0 amide bonds. The van der Waals surface area contributed by atoms with E-state index in [0.29, 0.717) is 47.5 Å². The summed E-state index contributed by atoms with van der Waals surface area (Å²) >= 11 is 6.23. The number of aromatic amines is 1. The number of halogens is 2. The first-order valence-corrected chi connectivity index (χ1v) is 14.4. The van der Waals surface area contributed by atoms with Crippen molar-refractivity contribution in [3.8, 4) is 16.9 Å². The molecule has 42 heavy (non-hydrogen) atoms. The van der Waals surface area contributed by atoms with Gasteiger partial charge in [-0.15, -0.1) is 0 Å². The van der Waals surface area contributed by atoms with Crippen LogP contribution in [0.15, 0.2) is 53.5 Å². The van der Waals surface area contributed by atoms with Crippen molar-refractivity contribution in [3.05, 3.63) is 81.1 Å². The van der Waals surface area contributed by atoms with E-state index in [1.54, 1.807) is 24.4 Å². The third-order valence-corrected chi connectivity index (χ3v) is 7.44. The molecular formula is C30H39ClFN9O. The van der Waals surface area contributed by atoms with Gasteiger partial charge in [0.2, 0.25) is 0 Å². The van der Waals surface area contributed by atoms with E-state index in [1.807, 2.05) is 38.1 Å². The van der Waals surface area contributed by atoms with E-state index in [0.717, 1.165) is 30.4 Å². The molecule has 0 unspecified atom stereocenters. The molecule has 2 aromatic carbocycles. The van der Waals surface area contributed by atoms with Gasteiger partial charge in [-0.1, -0.05) is 23.7 Å². The van der Waals surface area contributed by atoms with Gasteiger partial charge in [0.1, 0.15) is 5.65 Å². The molecule has 4 aromatic rings. The Labute approximate surface area is 249 Å². The van der Waals surface area contributed by atoms with Gasteiger partial charge in [0.25, 0.3) is 0 Å². The third kappa shape index (κ3) is 7.95. The van der Waals surface area contributed by atoms with Crippen LogP contribution in [0, 0.1) is 11.2 Å². The Bertz CT molecular complexity index is 1580. The fraction of sp³-hybridized carbons (Fsp3) is 0.367. The van der Waals surface area contributed by atoms with Crippen LogP contribution in [0.1, 0.15) is 44.2 Å². The first-order valence-electron chi connectivity index (χ1n) is 14.0. The standard InChI is InChI=1S/C30H39ClFN9O/c1-17(34)4-3-5-20-11-24(27(32)25(31)12-20)26-13-21-16-41(30(42)40-28(21)39-26)23-8-6-19(7-9-23)15-37-18(2)10-22(14-33)38-29(35)36/h6-9,11-13,16-18,22,37H,3-5,10,14-15,33-34H2,1-2H3,(H4,35,36,38)(H,39,40,42)/t17-,18+,22-/m0/s1. The number of nitrogens with one attached hydrogen (secondary N) is 4. The van der Waals surface area contributed by atoms with Crippen molar-refractivity contribution in [2.75, 3.05) is 6.54 Å². The summed E-state index contributed by atoms with van der Waals surface area (Å²) in [5.41, 5.74) is 20.4. The molecule has 0 fully saturated rings. The highest BCUT2D eigenvalue weighted by molar-refractivity contribution is 6.31. The van der Waals surface area contributed by atoms with Crippen LogP contribution in [0.3, 0.4) is 0 Å². The van der Waals surface area contributed by atoms with Crippen molar-refractivity contribution in [2.24, 2.45) is 17.2 Å². The van der Waals surface area contributed by atoms with E-state index in [-0.39, 0.29) is 29.1 Å². The zero-order valence-electron chi connectivity index (χ0n) is 23.9. The summed E-state index contributed by atoms with van der Waals surface area (Å²) < 4.78 is 16.5. The molecule has 0 aliphatic carbocycles. The van der Waals surface area contributed by atoms with Crippen LogP contribution < -0.4 is 33.5 Å². The Morgan fingerprint density at radius 3 is 2.60 bits per heavy atom. The van der Waals surface area contributed by atoms with Crippen LogP contribution in [-0.4, -0.2) is 45.2 Å². The van der Waals surface area contributed by atoms with Crippen LogP contribution in [0.5, 0.6) is 0 Å². The number of hydrogen-bond acceptors (Lipinski definition) is 6. The lowest BCUT2D eigenvalue weighted by molar-refractivity contribution is 0.444. The number of aromatic nitrogens is 3. The summed E-state index contributed by atoms with van der Waals surface area (Å²) in [6.07, 6.45) is 4.86. The first-order chi connectivity index (χ1) is 20.0. The second-order valence-electron chi connectivity index (χ2n) is 10.9. The lowest BCUT2D eigenvalue weighted by atomic mass is 10.0. The second kappa shape index (κ2) is 13.9. The number of nitrogens with two attached hydrogens (primary N) is 3. The molecule has 0 saturated carbocycles. The van der Waals surface area contributed by atoms with Crippen LogP contribution >= 0.6 is 11.6 Å². The highest BCUT2D eigenvalue weighted by atomic mass is 35.5. The molecule has 0 radical (unpaired) electrons. The average Bonchev–Trinajstić information content (AvgIpc) is 3.35. The van der Waals surface area contributed by atoms with Crippen LogP contribution in [-0.2, 0) is 13.0 Å². The summed E-state index contributed by atoms with van der Waals surface area (Å²) in [4.78, 5) is 20.2. The molecule has 12 heteroatoms. The largest absolute Gasteiger partial charge is 0.370 e. The second-order valence-corrected chi connectivity index (χ2v) is 11.3. The maximum atomic E-state index is 15.1. The van der Waals surface area contributed by atoms with E-state index in [1.165, 1.54) is 4.57 Å². The van der Waals surface area contributed by atoms with Gasteiger partial charge in [-0.05, 0) is 81.0 Å². The van der Waals surface area contributed by atoms with Gasteiger partial charge in [0.15, 0.2) is 11.8 Å². The smallest absolute Gasteiger partial charge is 0.354 e. The first kappa shape index (κ1) is 31.2. The molecule has 0 aliphatic heterocycles. The van der Waals surface area contributed by atoms with Crippen molar-refractivity contribution in [1.29, 1.82) is 5.41 Å². The SMILES string of the molecule is C[C@H](N)CCCc1cc(Cl)c(F)c(-c2cc3cn(-c4ccc(CN[C@H](C)C[C@@H](CN)NC(=N)N)cc4)c(=O)nc3[nH]2)c1. The maximum Gasteiger partial charge on any atom is 0.354 e. The molecule has 0 bridgehead atoms. The summed E-state index contributed by atoms with van der Waals surface area (Å²) in [5.74, 6) is -0.622. The van der Waals surface area contributed by atoms with Gasteiger partial charge in [-0.25, -0.2) is 9.18 Å². The molecular weight excluding hydrogens is 557 g/mol. The predicted molar refractivity (Wildman–Crippen MR) is 167 cm³/mol. The zero-order valence-corrected chi connectivity index (χ0v) is 24.6. The minimum absolute atomic E-state index is 0.0467. The fourth-order valence-electron chi connectivity index (χ4n) is 4.95. The number of hydrogen-bond donors (Lipinski definition) is 7. The number of guanidine groups is 1. The quantitative estimate of drug-likeness (QED) is 0.0913. The maximum absolute atomic E-state index is 15.1. The van der Waals surface area contributed by atoms with E-state index in [9.17, 15) is 4.79 Å². The number of benzene rings is 2. The van der Waals surface area contributed by atoms with Crippen molar-refractivity contribution >= 4 is 28.6 Å². The minimum atomic E-state index is -0.526. The van der Waals surface area contributed by atoms with Crippen LogP contribution in [0.25, 0.3) is 28.0 Å². The topological polar surface area (TPSA) is 177 Å². The highest BCUT2D eigenvalue weighted by Gasteiger charge is 2.16. The minimum Gasteiger partial charge on any atom is -0.370 e. The lowest BCUT2D eigenvalue weighted by Gasteiger charge is -2.22. The van der Waals surface area contributed by atoms with E-state index < -0.39 is 11.5 Å². The molecule has 10 N–H and O–H groups in total. The van der Waals surface area contributed by atoms with Crippen molar-refractivity contribution < 1.29 is 4.39 Å². The van der Waals surface area contributed by atoms with Gasteiger partial charge in [-0.3, -0.25) is 9.98 Å². The van der Waals surface area contributed by atoms with Gasteiger partial charge >= 0.3 is 5.69 Å². The summed E-state index contributed by atoms with van der Waals surface area (Å²) in [6, 6.07) is 12.9. The summed E-state index contributed by atoms with van der Waals surface area (Å²) in [5, 5.41) is 14.4. The molecule has 10 nitrogen and oxygen atoms in total. The Balaban J connectivity index is 1.50. The monoisotopic (exact) mass is 595 g/mol. The molecule has 224 valence electrons. The van der Waals surface area contributed by atoms with Gasteiger partial charge < -0.3 is 32.8 Å². The van der Waals surface area contributed by atoms with E-state index in [2.05, 4.69) is 20.6 Å². The Hall–Kier alpha value is -3.77. The van der Waals surface area contributed by atoms with Crippen molar-refractivity contribution in [2.45, 2.75) is 64.2 Å². The fourth-order valence-corrected chi connectivity index (χ4v) is 5.19.